The summed E-state index contributed by atoms with van der Waals surface area (Å²) in [5, 5.41) is 0. The highest BCUT2D eigenvalue weighted by Crippen LogP contribution is 2.19. The molecule has 0 aliphatic carbocycles. The molecule has 3 heteroatoms. The maximum Gasteiger partial charge on any atom is 0.254 e. The van der Waals surface area contributed by atoms with Crippen molar-refractivity contribution >= 4 is 12.0 Å². The molecule has 0 unspecified atom stereocenters. The van der Waals surface area contributed by atoms with Crippen LogP contribution in [-0.2, 0) is 13.0 Å². The van der Waals surface area contributed by atoms with E-state index in [-0.39, 0.29) is 5.91 Å². The normalized spacial score (nSPS) is 13.7. The molecule has 0 N–H and O–H groups in total. The topological polar surface area (TPSA) is 33.2 Å². The molecular formula is C17H16N2O. The molecule has 3 rings (SSSR count). The average molecular weight is 264 g/mol. The smallest absolute Gasteiger partial charge is 0.254 e. The van der Waals surface area contributed by atoms with E-state index in [1.165, 1.54) is 5.56 Å². The van der Waals surface area contributed by atoms with Gasteiger partial charge in [-0.2, -0.15) is 0 Å². The Balaban J connectivity index is 1.84. The van der Waals surface area contributed by atoms with Gasteiger partial charge in [0.05, 0.1) is 17.9 Å². The fraction of sp³-hybridized carbons (Fsp3) is 0.176. The van der Waals surface area contributed by atoms with Crippen molar-refractivity contribution in [1.82, 2.24) is 9.88 Å². The lowest BCUT2D eigenvalue weighted by molar-refractivity contribution is 0.0732. The molecule has 3 nitrogen and oxygen atoms in total. The second kappa shape index (κ2) is 5.29. The van der Waals surface area contributed by atoms with Gasteiger partial charge in [-0.3, -0.25) is 9.78 Å². The summed E-state index contributed by atoms with van der Waals surface area (Å²) in [5.41, 5.74) is 3.80. The number of benzene rings is 1. The van der Waals surface area contributed by atoms with Gasteiger partial charge in [-0.05, 0) is 36.3 Å². The number of carbonyl (C=O) groups is 1. The van der Waals surface area contributed by atoms with E-state index in [1.54, 1.807) is 6.08 Å². The Morgan fingerprint density at radius 3 is 2.75 bits per heavy atom. The Hall–Kier alpha value is -2.42. The van der Waals surface area contributed by atoms with Crippen molar-refractivity contribution in [2.24, 2.45) is 0 Å². The SMILES string of the molecule is C=Cc1ccc2c(n1)CN(C(=O)c1ccccc1)CC2. The van der Waals surface area contributed by atoms with Gasteiger partial charge < -0.3 is 4.90 Å². The molecule has 0 bridgehead atoms. The molecule has 0 atom stereocenters. The van der Waals surface area contributed by atoms with Gasteiger partial charge in [0.2, 0.25) is 0 Å². The average Bonchev–Trinajstić information content (AvgIpc) is 2.54. The van der Waals surface area contributed by atoms with E-state index >= 15 is 0 Å². The molecule has 0 spiro atoms. The number of amides is 1. The van der Waals surface area contributed by atoms with Gasteiger partial charge in [-0.1, -0.05) is 30.8 Å². The van der Waals surface area contributed by atoms with Gasteiger partial charge in [-0.15, -0.1) is 0 Å². The Morgan fingerprint density at radius 1 is 1.20 bits per heavy atom. The first kappa shape index (κ1) is 12.6. The zero-order valence-electron chi connectivity index (χ0n) is 11.2. The summed E-state index contributed by atoms with van der Waals surface area (Å²) in [6.07, 6.45) is 2.59. The zero-order valence-corrected chi connectivity index (χ0v) is 11.2. The van der Waals surface area contributed by atoms with Crippen molar-refractivity contribution in [1.29, 1.82) is 0 Å². The van der Waals surface area contributed by atoms with Crippen LogP contribution >= 0.6 is 0 Å². The third-order valence-electron chi connectivity index (χ3n) is 3.60. The Bertz CT molecular complexity index is 649. The van der Waals surface area contributed by atoms with Crippen LogP contribution in [-0.4, -0.2) is 22.3 Å². The molecule has 100 valence electrons. The first-order valence-electron chi connectivity index (χ1n) is 6.73. The summed E-state index contributed by atoms with van der Waals surface area (Å²) in [4.78, 5) is 18.8. The molecule has 1 aromatic carbocycles. The van der Waals surface area contributed by atoms with Crippen molar-refractivity contribution in [2.75, 3.05) is 6.54 Å². The van der Waals surface area contributed by atoms with Crippen molar-refractivity contribution in [3.05, 3.63) is 71.6 Å². The van der Waals surface area contributed by atoms with E-state index in [2.05, 4.69) is 17.6 Å². The summed E-state index contributed by atoms with van der Waals surface area (Å²) in [6.45, 7) is 5.06. The minimum absolute atomic E-state index is 0.0713. The van der Waals surface area contributed by atoms with Gasteiger partial charge in [0.25, 0.3) is 5.91 Å². The van der Waals surface area contributed by atoms with Gasteiger partial charge >= 0.3 is 0 Å². The number of rotatable bonds is 2. The van der Waals surface area contributed by atoms with Crippen LogP contribution in [0, 0.1) is 0 Å². The third kappa shape index (κ3) is 2.35. The molecule has 0 fully saturated rings. The maximum atomic E-state index is 12.4. The van der Waals surface area contributed by atoms with Gasteiger partial charge in [-0.25, -0.2) is 0 Å². The molecule has 0 radical (unpaired) electrons. The van der Waals surface area contributed by atoms with Crippen LogP contribution in [0.5, 0.6) is 0 Å². The standard InChI is InChI=1S/C17H16N2O/c1-2-15-9-8-13-10-11-19(12-16(13)18-15)17(20)14-6-4-3-5-7-14/h2-9H,1,10-12H2. The van der Waals surface area contributed by atoms with Crippen molar-refractivity contribution in [3.8, 4) is 0 Å². The van der Waals surface area contributed by atoms with Crippen LogP contribution in [0.4, 0.5) is 0 Å². The fourth-order valence-corrected chi connectivity index (χ4v) is 2.48. The van der Waals surface area contributed by atoms with E-state index in [1.807, 2.05) is 41.3 Å². The van der Waals surface area contributed by atoms with Crippen LogP contribution in [0.25, 0.3) is 6.08 Å². The number of fused-ring (bicyclic) bond motifs is 1. The first-order valence-corrected chi connectivity index (χ1v) is 6.73. The van der Waals surface area contributed by atoms with Crippen molar-refractivity contribution in [3.63, 3.8) is 0 Å². The molecule has 1 amide bonds. The predicted octanol–water partition coefficient (Wildman–Crippen LogP) is 2.92. The molecule has 1 aliphatic heterocycles. The summed E-state index contributed by atoms with van der Waals surface area (Å²) >= 11 is 0. The molecule has 2 aromatic rings. The highest BCUT2D eigenvalue weighted by molar-refractivity contribution is 5.94. The second-order valence-electron chi connectivity index (χ2n) is 4.89. The molecule has 1 aliphatic rings. The Labute approximate surface area is 118 Å². The minimum atomic E-state index is 0.0713. The Morgan fingerprint density at radius 2 is 2.00 bits per heavy atom. The predicted molar refractivity (Wildman–Crippen MR) is 79.2 cm³/mol. The monoisotopic (exact) mass is 264 g/mol. The number of nitrogens with zero attached hydrogens (tertiary/aromatic N) is 2. The highest BCUT2D eigenvalue weighted by atomic mass is 16.2. The minimum Gasteiger partial charge on any atom is -0.332 e. The number of hydrogen-bond donors (Lipinski definition) is 0. The molecule has 2 heterocycles. The lowest BCUT2D eigenvalue weighted by Gasteiger charge is -2.28. The number of hydrogen-bond acceptors (Lipinski definition) is 2. The van der Waals surface area contributed by atoms with Crippen LogP contribution < -0.4 is 0 Å². The fourth-order valence-electron chi connectivity index (χ4n) is 2.48. The lowest BCUT2D eigenvalue weighted by atomic mass is 10.0. The zero-order chi connectivity index (χ0) is 13.9. The summed E-state index contributed by atoms with van der Waals surface area (Å²) in [6, 6.07) is 13.5. The quantitative estimate of drug-likeness (QED) is 0.835. The number of carbonyl (C=O) groups excluding carboxylic acids is 1. The maximum absolute atomic E-state index is 12.4. The molecule has 1 aromatic heterocycles. The van der Waals surface area contributed by atoms with Gasteiger partial charge in [0.1, 0.15) is 0 Å². The Kier molecular flexibility index (Phi) is 3.33. The molecule has 20 heavy (non-hydrogen) atoms. The lowest BCUT2D eigenvalue weighted by Crippen LogP contribution is -2.36. The summed E-state index contributed by atoms with van der Waals surface area (Å²) in [5.74, 6) is 0.0713. The van der Waals surface area contributed by atoms with E-state index in [9.17, 15) is 4.79 Å². The van der Waals surface area contributed by atoms with E-state index in [0.29, 0.717) is 6.54 Å². The molecule has 0 saturated heterocycles. The number of aromatic nitrogens is 1. The number of pyridine rings is 1. The van der Waals surface area contributed by atoms with Crippen LogP contribution in [0.2, 0.25) is 0 Å². The van der Waals surface area contributed by atoms with E-state index in [0.717, 1.165) is 29.9 Å². The van der Waals surface area contributed by atoms with Crippen LogP contribution in [0.15, 0.2) is 49.0 Å². The van der Waals surface area contributed by atoms with Crippen molar-refractivity contribution < 1.29 is 4.79 Å². The molecule has 0 saturated carbocycles. The second-order valence-corrected chi connectivity index (χ2v) is 4.89. The first-order chi connectivity index (χ1) is 9.78. The highest BCUT2D eigenvalue weighted by Gasteiger charge is 2.22. The van der Waals surface area contributed by atoms with Gasteiger partial charge in [0.15, 0.2) is 0 Å². The van der Waals surface area contributed by atoms with Crippen LogP contribution in [0.1, 0.15) is 27.3 Å². The summed E-state index contributed by atoms with van der Waals surface area (Å²) < 4.78 is 0. The largest absolute Gasteiger partial charge is 0.332 e. The summed E-state index contributed by atoms with van der Waals surface area (Å²) in [7, 11) is 0. The third-order valence-corrected chi connectivity index (χ3v) is 3.60. The van der Waals surface area contributed by atoms with Gasteiger partial charge in [0, 0.05) is 12.1 Å². The van der Waals surface area contributed by atoms with E-state index in [4.69, 9.17) is 0 Å². The van der Waals surface area contributed by atoms with E-state index < -0.39 is 0 Å². The van der Waals surface area contributed by atoms with Crippen LogP contribution in [0.3, 0.4) is 0 Å². The van der Waals surface area contributed by atoms with Crippen molar-refractivity contribution in [2.45, 2.75) is 13.0 Å². The molecular weight excluding hydrogens is 248 g/mol.